The fourth-order valence-corrected chi connectivity index (χ4v) is 4.48. The van der Waals surface area contributed by atoms with Crippen LogP contribution in [0.25, 0.3) is 0 Å². The Balaban J connectivity index is 2.11. The highest BCUT2D eigenvalue weighted by Gasteiger charge is 2.29. The average Bonchev–Trinajstić information content (AvgIpc) is 2.38. The highest BCUT2D eigenvalue weighted by Crippen LogP contribution is 2.27. The van der Waals surface area contributed by atoms with Crippen molar-refractivity contribution in [1.29, 1.82) is 0 Å². The summed E-state index contributed by atoms with van der Waals surface area (Å²) in [6, 6.07) is 4.84. The van der Waals surface area contributed by atoms with Gasteiger partial charge in [-0.2, -0.15) is 0 Å². The molecule has 7 heteroatoms. The Labute approximate surface area is 124 Å². The molecular weight excluding hydrogens is 290 g/mol. The molecule has 0 spiro atoms. The maximum atomic E-state index is 12.5. The molecule has 116 valence electrons. The van der Waals surface area contributed by atoms with E-state index in [-0.39, 0.29) is 28.4 Å². The van der Waals surface area contributed by atoms with Gasteiger partial charge in [0.2, 0.25) is 15.9 Å². The van der Waals surface area contributed by atoms with Crippen LogP contribution in [0.5, 0.6) is 0 Å². The molecule has 1 aliphatic rings. The first kappa shape index (κ1) is 15.8. The van der Waals surface area contributed by atoms with E-state index in [1.165, 1.54) is 0 Å². The Bertz CT molecular complexity index is 615. The molecule has 0 bridgehead atoms. The second-order valence-corrected chi connectivity index (χ2v) is 7.22. The second-order valence-electron chi connectivity index (χ2n) is 5.57. The maximum absolute atomic E-state index is 12.5. The molecule has 5 N–H and O–H groups in total. The highest BCUT2D eigenvalue weighted by molar-refractivity contribution is 7.89. The van der Waals surface area contributed by atoms with Gasteiger partial charge in [0.05, 0.1) is 5.69 Å². The van der Waals surface area contributed by atoms with Crippen molar-refractivity contribution >= 4 is 21.6 Å². The van der Waals surface area contributed by atoms with Crippen molar-refractivity contribution in [1.82, 2.24) is 4.72 Å². The zero-order valence-corrected chi connectivity index (χ0v) is 12.8. The quantitative estimate of drug-likeness (QED) is 0.716. The van der Waals surface area contributed by atoms with Crippen molar-refractivity contribution in [2.24, 2.45) is 11.7 Å². The van der Waals surface area contributed by atoms with Gasteiger partial charge in [-0.3, -0.25) is 4.79 Å². The fourth-order valence-electron chi connectivity index (χ4n) is 2.82. The summed E-state index contributed by atoms with van der Waals surface area (Å²) in [5.41, 5.74) is 11.9. The van der Waals surface area contributed by atoms with Gasteiger partial charge >= 0.3 is 0 Å². The summed E-state index contributed by atoms with van der Waals surface area (Å²) in [4.78, 5) is 11.3. The Hall–Kier alpha value is -1.60. The van der Waals surface area contributed by atoms with Crippen molar-refractivity contribution in [2.75, 3.05) is 5.73 Å². The molecule has 6 nitrogen and oxygen atoms in total. The summed E-state index contributed by atoms with van der Waals surface area (Å²) in [5.74, 6) is -0.450. The van der Waals surface area contributed by atoms with Crippen LogP contribution in [0.3, 0.4) is 0 Å². The van der Waals surface area contributed by atoms with Crippen LogP contribution in [-0.2, 0) is 14.8 Å². The van der Waals surface area contributed by atoms with E-state index in [0.717, 1.165) is 0 Å². The van der Waals surface area contributed by atoms with Gasteiger partial charge in [0, 0.05) is 12.0 Å². The third-order valence-corrected chi connectivity index (χ3v) is 5.70. The van der Waals surface area contributed by atoms with Crippen LogP contribution in [0.15, 0.2) is 23.1 Å². The van der Waals surface area contributed by atoms with Gasteiger partial charge in [0.15, 0.2) is 0 Å². The first-order chi connectivity index (χ1) is 9.81. The van der Waals surface area contributed by atoms with Gasteiger partial charge in [-0.05, 0) is 44.2 Å². The molecule has 1 amide bonds. The number of anilines is 1. The smallest absolute Gasteiger partial charge is 0.243 e. The monoisotopic (exact) mass is 311 g/mol. The van der Waals surface area contributed by atoms with Crippen LogP contribution < -0.4 is 16.2 Å². The molecule has 0 atom stereocenters. The molecular formula is C14H21N3O3S. The lowest BCUT2D eigenvalue weighted by Gasteiger charge is -2.27. The summed E-state index contributed by atoms with van der Waals surface area (Å²) in [6.07, 6.45) is 2.45. The van der Waals surface area contributed by atoms with Crippen LogP contribution in [-0.4, -0.2) is 20.4 Å². The first-order valence-corrected chi connectivity index (χ1v) is 8.46. The normalized spacial score (nSPS) is 22.9. The lowest BCUT2D eigenvalue weighted by atomic mass is 9.86. The predicted molar refractivity (Wildman–Crippen MR) is 80.9 cm³/mol. The molecule has 1 saturated carbocycles. The Morgan fingerprint density at radius 3 is 2.38 bits per heavy atom. The van der Waals surface area contributed by atoms with Crippen LogP contribution >= 0.6 is 0 Å². The third-order valence-electron chi connectivity index (χ3n) is 3.96. The molecule has 1 aliphatic carbocycles. The van der Waals surface area contributed by atoms with E-state index in [0.29, 0.717) is 31.2 Å². The molecule has 0 saturated heterocycles. The molecule has 0 aliphatic heterocycles. The molecule has 0 unspecified atom stereocenters. The number of rotatable bonds is 4. The average molecular weight is 311 g/mol. The number of hydrogen-bond donors (Lipinski definition) is 3. The van der Waals surface area contributed by atoms with E-state index in [1.54, 1.807) is 25.1 Å². The van der Waals surface area contributed by atoms with E-state index in [1.807, 2.05) is 0 Å². The maximum Gasteiger partial charge on any atom is 0.243 e. The topological polar surface area (TPSA) is 115 Å². The minimum absolute atomic E-state index is 0.141. The van der Waals surface area contributed by atoms with Crippen LogP contribution in [0, 0.1) is 12.8 Å². The van der Waals surface area contributed by atoms with Crippen molar-refractivity contribution in [2.45, 2.75) is 43.5 Å². The largest absolute Gasteiger partial charge is 0.398 e. The number of primary amides is 1. The molecule has 0 heterocycles. The molecule has 1 aromatic carbocycles. The van der Waals surface area contributed by atoms with Crippen LogP contribution in [0.4, 0.5) is 5.69 Å². The number of nitrogens with one attached hydrogen (secondary N) is 1. The summed E-state index contributed by atoms with van der Waals surface area (Å²) in [6.45, 7) is 1.72. The summed E-state index contributed by atoms with van der Waals surface area (Å²) in [7, 11) is -3.65. The van der Waals surface area contributed by atoms with Gasteiger partial charge in [0.25, 0.3) is 0 Å². The zero-order chi connectivity index (χ0) is 15.6. The number of benzene rings is 1. The van der Waals surface area contributed by atoms with Gasteiger partial charge in [-0.15, -0.1) is 0 Å². The molecule has 1 fully saturated rings. The third kappa shape index (κ3) is 3.54. The number of sulfonamides is 1. The number of aryl methyl sites for hydroxylation is 1. The molecule has 2 rings (SSSR count). The number of nitrogens with two attached hydrogens (primary N) is 2. The minimum Gasteiger partial charge on any atom is -0.398 e. The number of carbonyl (C=O) groups is 1. The van der Waals surface area contributed by atoms with Crippen LogP contribution in [0.1, 0.15) is 31.2 Å². The number of carbonyl (C=O) groups excluding carboxylic acids is 1. The van der Waals surface area contributed by atoms with E-state index in [9.17, 15) is 13.2 Å². The lowest BCUT2D eigenvalue weighted by Crippen LogP contribution is -2.40. The van der Waals surface area contributed by atoms with E-state index in [4.69, 9.17) is 11.5 Å². The fraction of sp³-hybridized carbons (Fsp3) is 0.500. The van der Waals surface area contributed by atoms with E-state index in [2.05, 4.69) is 4.72 Å². The van der Waals surface area contributed by atoms with Gasteiger partial charge < -0.3 is 11.5 Å². The zero-order valence-electron chi connectivity index (χ0n) is 12.0. The van der Waals surface area contributed by atoms with Crippen molar-refractivity contribution < 1.29 is 13.2 Å². The van der Waals surface area contributed by atoms with Crippen molar-refractivity contribution in [3.8, 4) is 0 Å². The molecule has 0 aromatic heterocycles. The lowest BCUT2D eigenvalue weighted by molar-refractivity contribution is -0.122. The molecule has 1 aromatic rings. The Kier molecular flexibility index (Phi) is 4.53. The SMILES string of the molecule is Cc1cccc(N)c1S(=O)(=O)NC1CCC(C(N)=O)CC1. The summed E-state index contributed by atoms with van der Waals surface area (Å²) >= 11 is 0. The Morgan fingerprint density at radius 1 is 1.24 bits per heavy atom. The summed E-state index contributed by atoms with van der Waals surface area (Å²) < 4.78 is 27.6. The van der Waals surface area contributed by atoms with Gasteiger partial charge in [0.1, 0.15) is 4.90 Å². The number of amides is 1. The van der Waals surface area contributed by atoms with Crippen molar-refractivity contribution in [3.63, 3.8) is 0 Å². The van der Waals surface area contributed by atoms with E-state index >= 15 is 0 Å². The van der Waals surface area contributed by atoms with Gasteiger partial charge in [-0.1, -0.05) is 12.1 Å². The second kappa shape index (κ2) is 6.03. The minimum atomic E-state index is -3.65. The standard InChI is InChI=1S/C14H21N3O3S/c1-9-3-2-4-12(15)13(9)21(19,20)17-11-7-5-10(6-8-11)14(16)18/h2-4,10-11,17H,5-8,15H2,1H3,(H2,16,18). The van der Waals surface area contributed by atoms with E-state index < -0.39 is 10.0 Å². The molecule has 0 radical (unpaired) electrons. The van der Waals surface area contributed by atoms with Crippen molar-refractivity contribution in [3.05, 3.63) is 23.8 Å². The van der Waals surface area contributed by atoms with Crippen LogP contribution in [0.2, 0.25) is 0 Å². The predicted octanol–water partition coefficient (Wildman–Crippen LogP) is 0.900. The number of nitrogen functional groups attached to an aromatic ring is 1. The van der Waals surface area contributed by atoms with Gasteiger partial charge in [-0.25, -0.2) is 13.1 Å². The number of hydrogen-bond acceptors (Lipinski definition) is 4. The molecule has 21 heavy (non-hydrogen) atoms. The Morgan fingerprint density at radius 2 is 1.86 bits per heavy atom. The summed E-state index contributed by atoms with van der Waals surface area (Å²) in [5, 5.41) is 0. The first-order valence-electron chi connectivity index (χ1n) is 6.98. The highest BCUT2D eigenvalue weighted by atomic mass is 32.2.